The average Bonchev–Trinajstić information content (AvgIpc) is 2.49. The third-order valence-corrected chi connectivity index (χ3v) is 3.14. The fourth-order valence-electron chi connectivity index (χ4n) is 1.92. The minimum absolute atomic E-state index is 0.625. The molecule has 0 fully saturated rings. The molecule has 0 radical (unpaired) electrons. The predicted octanol–water partition coefficient (Wildman–Crippen LogP) is 3.77. The highest BCUT2D eigenvalue weighted by Gasteiger charge is 1.96. The summed E-state index contributed by atoms with van der Waals surface area (Å²) < 4.78 is 11.2. The maximum atomic E-state index is 5.65. The predicted molar refractivity (Wildman–Crippen MR) is 84.3 cm³/mol. The molecular weight excluding hydrogens is 250 g/mol. The van der Waals surface area contributed by atoms with Gasteiger partial charge in [0.15, 0.2) is 0 Å². The maximum Gasteiger partial charge on any atom is 0.119 e. The standard InChI is InChI=1S/C17H29NO2/c1-3-5-6-7-12-19-13-14-20-17-10-8-16(9-11-17)15-18-4-2/h8-11,18H,3-7,12-15H2,1-2H3. The Bertz CT molecular complexity index is 324. The number of hydrogen-bond acceptors (Lipinski definition) is 3. The van der Waals surface area contributed by atoms with E-state index in [-0.39, 0.29) is 0 Å². The van der Waals surface area contributed by atoms with Crippen LogP contribution in [0.5, 0.6) is 5.75 Å². The normalized spacial score (nSPS) is 10.7. The van der Waals surface area contributed by atoms with Crippen LogP contribution < -0.4 is 10.1 Å². The molecule has 1 rings (SSSR count). The van der Waals surface area contributed by atoms with E-state index < -0.39 is 0 Å². The van der Waals surface area contributed by atoms with Gasteiger partial charge in [-0.2, -0.15) is 0 Å². The zero-order valence-corrected chi connectivity index (χ0v) is 13.0. The van der Waals surface area contributed by atoms with Crippen LogP contribution in [0.1, 0.15) is 45.1 Å². The average molecular weight is 279 g/mol. The Labute approximate surface area is 123 Å². The molecule has 0 aromatic heterocycles. The molecule has 0 aliphatic rings. The van der Waals surface area contributed by atoms with Gasteiger partial charge in [-0.3, -0.25) is 0 Å². The lowest BCUT2D eigenvalue weighted by atomic mass is 10.2. The molecule has 0 aliphatic heterocycles. The van der Waals surface area contributed by atoms with Gasteiger partial charge < -0.3 is 14.8 Å². The molecule has 0 unspecified atom stereocenters. The number of hydrogen-bond donors (Lipinski definition) is 1. The van der Waals surface area contributed by atoms with E-state index in [1.165, 1.54) is 24.8 Å². The Balaban J connectivity index is 2.04. The van der Waals surface area contributed by atoms with Crippen LogP contribution in [0.15, 0.2) is 24.3 Å². The summed E-state index contributed by atoms with van der Waals surface area (Å²) in [5, 5.41) is 3.30. The highest BCUT2D eigenvalue weighted by atomic mass is 16.5. The van der Waals surface area contributed by atoms with E-state index in [9.17, 15) is 0 Å². The first kappa shape index (κ1) is 17.0. The summed E-state index contributed by atoms with van der Waals surface area (Å²) in [5.41, 5.74) is 1.28. The Morgan fingerprint density at radius 1 is 0.900 bits per heavy atom. The zero-order chi connectivity index (χ0) is 14.5. The Morgan fingerprint density at radius 3 is 2.40 bits per heavy atom. The van der Waals surface area contributed by atoms with Crippen LogP contribution in [0.2, 0.25) is 0 Å². The van der Waals surface area contributed by atoms with Gasteiger partial charge in [0.1, 0.15) is 12.4 Å². The number of rotatable bonds is 12. The van der Waals surface area contributed by atoms with Gasteiger partial charge in [-0.15, -0.1) is 0 Å². The molecule has 1 aromatic carbocycles. The lowest BCUT2D eigenvalue weighted by Gasteiger charge is -2.08. The zero-order valence-electron chi connectivity index (χ0n) is 13.0. The van der Waals surface area contributed by atoms with Gasteiger partial charge in [0.05, 0.1) is 6.61 Å². The van der Waals surface area contributed by atoms with Crippen molar-refractivity contribution in [1.29, 1.82) is 0 Å². The molecule has 0 heterocycles. The highest BCUT2D eigenvalue weighted by Crippen LogP contribution is 2.12. The summed E-state index contributed by atoms with van der Waals surface area (Å²) in [5.74, 6) is 0.917. The second kappa shape index (κ2) is 11.7. The molecule has 1 aromatic rings. The van der Waals surface area contributed by atoms with Crippen LogP contribution in [-0.4, -0.2) is 26.4 Å². The monoisotopic (exact) mass is 279 g/mol. The van der Waals surface area contributed by atoms with Gasteiger partial charge in [0, 0.05) is 13.2 Å². The van der Waals surface area contributed by atoms with E-state index in [1.54, 1.807) is 0 Å². The van der Waals surface area contributed by atoms with Gasteiger partial charge in [-0.05, 0) is 30.7 Å². The van der Waals surface area contributed by atoms with Crippen molar-refractivity contribution >= 4 is 0 Å². The summed E-state index contributed by atoms with van der Waals surface area (Å²) in [6.07, 6.45) is 5.00. The van der Waals surface area contributed by atoms with Crippen LogP contribution in [0.3, 0.4) is 0 Å². The topological polar surface area (TPSA) is 30.5 Å². The largest absolute Gasteiger partial charge is 0.491 e. The van der Waals surface area contributed by atoms with Crippen LogP contribution in [0, 0.1) is 0 Å². The van der Waals surface area contributed by atoms with Gasteiger partial charge in [0.2, 0.25) is 0 Å². The van der Waals surface area contributed by atoms with Crippen molar-refractivity contribution in [1.82, 2.24) is 5.32 Å². The molecule has 0 atom stereocenters. The molecule has 1 N–H and O–H groups in total. The first-order chi connectivity index (χ1) is 9.86. The fraction of sp³-hybridized carbons (Fsp3) is 0.647. The summed E-state index contributed by atoms with van der Waals surface area (Å²) in [6, 6.07) is 8.25. The molecule has 114 valence electrons. The molecule has 0 spiro atoms. The summed E-state index contributed by atoms with van der Waals surface area (Å²) >= 11 is 0. The molecule has 3 heteroatoms. The second-order valence-corrected chi connectivity index (χ2v) is 4.95. The lowest BCUT2D eigenvalue weighted by Crippen LogP contribution is -2.11. The number of benzene rings is 1. The van der Waals surface area contributed by atoms with Gasteiger partial charge in [0.25, 0.3) is 0 Å². The quantitative estimate of drug-likeness (QED) is 0.591. The second-order valence-electron chi connectivity index (χ2n) is 4.95. The van der Waals surface area contributed by atoms with Crippen LogP contribution >= 0.6 is 0 Å². The van der Waals surface area contributed by atoms with Crippen molar-refractivity contribution in [2.24, 2.45) is 0 Å². The Morgan fingerprint density at radius 2 is 1.70 bits per heavy atom. The molecule has 3 nitrogen and oxygen atoms in total. The number of ether oxygens (including phenoxy) is 2. The smallest absolute Gasteiger partial charge is 0.119 e. The van der Waals surface area contributed by atoms with Gasteiger partial charge in [-0.1, -0.05) is 45.2 Å². The van der Waals surface area contributed by atoms with Gasteiger partial charge in [-0.25, -0.2) is 0 Å². The molecule has 0 bridgehead atoms. The van der Waals surface area contributed by atoms with E-state index in [0.29, 0.717) is 13.2 Å². The summed E-state index contributed by atoms with van der Waals surface area (Å²) in [4.78, 5) is 0. The SMILES string of the molecule is CCCCCCOCCOc1ccc(CNCC)cc1. The lowest BCUT2D eigenvalue weighted by molar-refractivity contribution is 0.0971. The third-order valence-electron chi connectivity index (χ3n) is 3.14. The van der Waals surface area contributed by atoms with E-state index in [4.69, 9.17) is 9.47 Å². The van der Waals surface area contributed by atoms with Crippen molar-refractivity contribution in [3.8, 4) is 5.75 Å². The van der Waals surface area contributed by atoms with Crippen LogP contribution in [0.4, 0.5) is 0 Å². The van der Waals surface area contributed by atoms with Crippen LogP contribution in [-0.2, 0) is 11.3 Å². The van der Waals surface area contributed by atoms with Gasteiger partial charge >= 0.3 is 0 Å². The molecular formula is C17H29NO2. The molecule has 20 heavy (non-hydrogen) atoms. The molecule has 0 amide bonds. The number of unbranched alkanes of at least 4 members (excludes halogenated alkanes) is 3. The summed E-state index contributed by atoms with van der Waals surface area (Å²) in [6.45, 7) is 8.39. The van der Waals surface area contributed by atoms with Crippen molar-refractivity contribution in [2.45, 2.75) is 46.1 Å². The Hall–Kier alpha value is -1.06. The Kier molecular flexibility index (Phi) is 9.98. The van der Waals surface area contributed by atoms with E-state index in [0.717, 1.165) is 31.9 Å². The maximum absolute atomic E-state index is 5.65. The van der Waals surface area contributed by atoms with E-state index >= 15 is 0 Å². The van der Waals surface area contributed by atoms with Crippen LogP contribution in [0.25, 0.3) is 0 Å². The third kappa shape index (κ3) is 8.18. The molecule has 0 saturated heterocycles. The minimum Gasteiger partial charge on any atom is -0.491 e. The molecule has 0 saturated carbocycles. The van der Waals surface area contributed by atoms with E-state index in [1.807, 2.05) is 12.1 Å². The summed E-state index contributed by atoms with van der Waals surface area (Å²) in [7, 11) is 0. The van der Waals surface area contributed by atoms with Crippen molar-refractivity contribution in [3.63, 3.8) is 0 Å². The van der Waals surface area contributed by atoms with E-state index in [2.05, 4.69) is 31.3 Å². The first-order valence-corrected chi connectivity index (χ1v) is 7.87. The molecule has 0 aliphatic carbocycles. The minimum atomic E-state index is 0.625. The fourth-order valence-corrected chi connectivity index (χ4v) is 1.92. The highest BCUT2D eigenvalue weighted by molar-refractivity contribution is 5.27. The first-order valence-electron chi connectivity index (χ1n) is 7.87. The van der Waals surface area contributed by atoms with Crippen molar-refractivity contribution in [3.05, 3.63) is 29.8 Å². The van der Waals surface area contributed by atoms with Crippen molar-refractivity contribution in [2.75, 3.05) is 26.4 Å². The number of nitrogens with one attached hydrogen (secondary N) is 1. The van der Waals surface area contributed by atoms with Crippen molar-refractivity contribution < 1.29 is 9.47 Å².